The smallest absolute Gasteiger partial charge is 0.123 e. The molecule has 0 aliphatic rings. The van der Waals surface area contributed by atoms with Gasteiger partial charge in [0.15, 0.2) is 0 Å². The molecule has 0 fully saturated rings. The fourth-order valence-corrected chi connectivity index (χ4v) is 2.97. The highest BCUT2D eigenvalue weighted by atomic mass is 32.2. The molecule has 0 aliphatic heterocycles. The van der Waals surface area contributed by atoms with Crippen molar-refractivity contribution in [3.05, 3.63) is 48.4 Å². The number of nitrogens with one attached hydrogen (secondary N) is 1. The van der Waals surface area contributed by atoms with Crippen LogP contribution in [-0.2, 0) is 0 Å². The van der Waals surface area contributed by atoms with Crippen LogP contribution >= 0.6 is 11.8 Å². The average Bonchev–Trinajstić information content (AvgIpc) is 2.56. The Hall–Kier alpha value is -1.59. The molecular weight excluding hydrogens is 282 g/mol. The number of nitrogens with zero attached hydrogens (tertiary/aromatic N) is 2. The van der Waals surface area contributed by atoms with Crippen LogP contribution in [0.2, 0.25) is 0 Å². The van der Waals surface area contributed by atoms with Gasteiger partial charge in [0, 0.05) is 29.8 Å². The summed E-state index contributed by atoms with van der Waals surface area (Å²) in [6.45, 7) is 3.14. The van der Waals surface area contributed by atoms with E-state index in [1.165, 1.54) is 5.56 Å². The number of benzene rings is 1. The molecule has 21 heavy (non-hydrogen) atoms. The molecule has 0 spiro atoms. The minimum absolute atomic E-state index is 0.230. The van der Waals surface area contributed by atoms with Crippen molar-refractivity contribution in [2.75, 3.05) is 19.4 Å². The number of methoxy groups -OCH3 is 1. The Labute approximate surface area is 130 Å². The largest absolute Gasteiger partial charge is 0.496 e. The third-order valence-corrected chi connectivity index (χ3v) is 4.10. The van der Waals surface area contributed by atoms with Gasteiger partial charge in [-0.25, -0.2) is 4.98 Å². The minimum Gasteiger partial charge on any atom is -0.496 e. The van der Waals surface area contributed by atoms with E-state index in [0.29, 0.717) is 0 Å². The molecule has 1 heterocycles. The maximum Gasteiger partial charge on any atom is 0.123 e. The monoisotopic (exact) mass is 303 g/mol. The molecule has 0 aliphatic carbocycles. The van der Waals surface area contributed by atoms with Crippen molar-refractivity contribution in [3.8, 4) is 5.75 Å². The van der Waals surface area contributed by atoms with Gasteiger partial charge in [-0.2, -0.15) is 0 Å². The number of rotatable bonds is 8. The molecule has 4 nitrogen and oxygen atoms in total. The Balaban J connectivity index is 2.10. The quantitative estimate of drug-likeness (QED) is 0.758. The van der Waals surface area contributed by atoms with Crippen molar-refractivity contribution in [1.82, 2.24) is 15.3 Å². The van der Waals surface area contributed by atoms with Crippen LogP contribution < -0.4 is 10.1 Å². The van der Waals surface area contributed by atoms with Gasteiger partial charge < -0.3 is 10.1 Å². The number of ether oxygens (including phenoxy) is 1. The summed E-state index contributed by atoms with van der Waals surface area (Å²) in [4.78, 5) is 8.41. The van der Waals surface area contributed by atoms with Gasteiger partial charge in [-0.05, 0) is 19.0 Å². The molecule has 1 unspecified atom stereocenters. The maximum atomic E-state index is 5.48. The molecule has 2 aromatic rings. The summed E-state index contributed by atoms with van der Waals surface area (Å²) < 4.78 is 5.48. The van der Waals surface area contributed by atoms with Gasteiger partial charge in [0.1, 0.15) is 10.8 Å². The summed E-state index contributed by atoms with van der Waals surface area (Å²) in [5, 5.41) is 4.52. The van der Waals surface area contributed by atoms with Crippen molar-refractivity contribution in [1.29, 1.82) is 0 Å². The lowest BCUT2D eigenvalue weighted by Crippen LogP contribution is -2.24. The zero-order valence-electron chi connectivity index (χ0n) is 12.5. The van der Waals surface area contributed by atoms with Gasteiger partial charge in [0.05, 0.1) is 13.3 Å². The molecule has 1 N–H and O–H groups in total. The highest BCUT2D eigenvalue weighted by molar-refractivity contribution is 7.99. The van der Waals surface area contributed by atoms with Crippen molar-refractivity contribution in [2.45, 2.75) is 24.4 Å². The van der Waals surface area contributed by atoms with Gasteiger partial charge in [0.25, 0.3) is 0 Å². The normalized spacial score (nSPS) is 12.1. The third kappa shape index (κ3) is 4.72. The van der Waals surface area contributed by atoms with Gasteiger partial charge in [-0.1, -0.05) is 25.1 Å². The average molecular weight is 303 g/mol. The minimum atomic E-state index is 0.230. The zero-order chi connectivity index (χ0) is 14.9. The summed E-state index contributed by atoms with van der Waals surface area (Å²) in [7, 11) is 1.71. The van der Waals surface area contributed by atoms with E-state index >= 15 is 0 Å². The third-order valence-electron chi connectivity index (χ3n) is 3.09. The second-order valence-corrected chi connectivity index (χ2v) is 5.64. The van der Waals surface area contributed by atoms with Crippen LogP contribution in [-0.4, -0.2) is 29.4 Å². The molecule has 0 bridgehead atoms. The standard InChI is InChI=1S/C16H21N3OS/c1-3-8-18-14(12-21-16-11-17-9-10-19-16)13-6-4-5-7-15(13)20-2/h4-7,9-11,14,18H,3,8,12H2,1-2H3. The molecule has 0 amide bonds. The van der Waals surface area contributed by atoms with E-state index in [2.05, 4.69) is 28.3 Å². The Bertz CT molecular complexity index is 536. The predicted molar refractivity (Wildman–Crippen MR) is 86.8 cm³/mol. The zero-order valence-corrected chi connectivity index (χ0v) is 13.3. The Morgan fingerprint density at radius 2 is 2.14 bits per heavy atom. The Kier molecular flexibility index (Phi) is 6.50. The van der Waals surface area contributed by atoms with Crippen LogP contribution in [0.3, 0.4) is 0 Å². The molecule has 1 aromatic heterocycles. The lowest BCUT2D eigenvalue weighted by atomic mass is 10.1. The van der Waals surface area contributed by atoms with Crippen molar-refractivity contribution in [2.24, 2.45) is 0 Å². The van der Waals surface area contributed by atoms with Crippen LogP contribution in [0.5, 0.6) is 5.75 Å². The lowest BCUT2D eigenvalue weighted by Gasteiger charge is -2.20. The van der Waals surface area contributed by atoms with Crippen molar-refractivity contribution >= 4 is 11.8 Å². The summed E-state index contributed by atoms with van der Waals surface area (Å²) in [5.41, 5.74) is 1.19. The fourth-order valence-electron chi connectivity index (χ4n) is 2.06. The summed E-state index contributed by atoms with van der Waals surface area (Å²) in [5.74, 6) is 1.81. The first-order valence-corrected chi connectivity index (χ1v) is 8.08. The van der Waals surface area contributed by atoms with E-state index in [1.54, 1.807) is 37.5 Å². The Morgan fingerprint density at radius 3 is 2.86 bits per heavy atom. The molecule has 5 heteroatoms. The molecule has 2 rings (SSSR count). The summed E-state index contributed by atoms with van der Waals surface area (Å²) in [6.07, 6.45) is 6.31. The van der Waals surface area contributed by atoms with E-state index in [9.17, 15) is 0 Å². The van der Waals surface area contributed by atoms with Gasteiger partial charge >= 0.3 is 0 Å². The fraction of sp³-hybridized carbons (Fsp3) is 0.375. The first kappa shape index (κ1) is 15.8. The first-order valence-electron chi connectivity index (χ1n) is 7.10. The van der Waals surface area contributed by atoms with E-state index in [4.69, 9.17) is 4.74 Å². The Morgan fingerprint density at radius 1 is 1.29 bits per heavy atom. The van der Waals surface area contributed by atoms with Gasteiger partial charge in [-0.3, -0.25) is 4.98 Å². The molecule has 1 atom stereocenters. The lowest BCUT2D eigenvalue weighted by molar-refractivity contribution is 0.402. The maximum absolute atomic E-state index is 5.48. The molecule has 0 radical (unpaired) electrons. The van der Waals surface area contributed by atoms with Crippen LogP contribution in [0.25, 0.3) is 0 Å². The van der Waals surface area contributed by atoms with Gasteiger partial charge in [0.2, 0.25) is 0 Å². The topological polar surface area (TPSA) is 47.0 Å². The molecular formula is C16H21N3OS. The highest BCUT2D eigenvalue weighted by Gasteiger charge is 2.15. The van der Waals surface area contributed by atoms with Crippen LogP contribution in [0, 0.1) is 0 Å². The molecule has 0 saturated carbocycles. The second-order valence-electron chi connectivity index (χ2n) is 4.60. The van der Waals surface area contributed by atoms with Crippen LogP contribution in [0.1, 0.15) is 24.9 Å². The number of para-hydroxylation sites is 1. The second kappa shape index (κ2) is 8.64. The molecule has 1 aromatic carbocycles. The SMILES string of the molecule is CCCNC(CSc1cnccn1)c1ccccc1OC. The van der Waals surface area contributed by atoms with E-state index in [0.717, 1.165) is 29.5 Å². The van der Waals surface area contributed by atoms with E-state index in [-0.39, 0.29) is 6.04 Å². The number of aromatic nitrogens is 2. The van der Waals surface area contributed by atoms with Gasteiger partial charge in [-0.15, -0.1) is 11.8 Å². The van der Waals surface area contributed by atoms with Crippen LogP contribution in [0.15, 0.2) is 47.9 Å². The van der Waals surface area contributed by atoms with Crippen molar-refractivity contribution in [3.63, 3.8) is 0 Å². The number of thioether (sulfide) groups is 1. The summed E-state index contributed by atoms with van der Waals surface area (Å²) in [6, 6.07) is 8.39. The molecule has 112 valence electrons. The number of hydrogen-bond donors (Lipinski definition) is 1. The predicted octanol–water partition coefficient (Wildman–Crippen LogP) is 3.32. The van der Waals surface area contributed by atoms with E-state index in [1.807, 2.05) is 18.2 Å². The molecule has 0 saturated heterocycles. The van der Waals surface area contributed by atoms with Crippen molar-refractivity contribution < 1.29 is 4.74 Å². The van der Waals surface area contributed by atoms with Crippen LogP contribution in [0.4, 0.5) is 0 Å². The van der Waals surface area contributed by atoms with E-state index < -0.39 is 0 Å². The first-order chi connectivity index (χ1) is 10.3. The number of hydrogen-bond acceptors (Lipinski definition) is 5. The highest BCUT2D eigenvalue weighted by Crippen LogP contribution is 2.29. The summed E-state index contributed by atoms with van der Waals surface area (Å²) >= 11 is 1.70.